The predicted octanol–water partition coefficient (Wildman–Crippen LogP) is 4.18. The van der Waals surface area contributed by atoms with Crippen molar-refractivity contribution >= 4 is 11.6 Å². The lowest BCUT2D eigenvalue weighted by atomic mass is 9.95. The normalized spacial score (nSPS) is 20.9. The van der Waals surface area contributed by atoms with E-state index in [1.165, 1.54) is 25.0 Å². The summed E-state index contributed by atoms with van der Waals surface area (Å²) in [5.74, 6) is 0.0986. The summed E-state index contributed by atoms with van der Waals surface area (Å²) < 4.78 is 13.5. The van der Waals surface area contributed by atoms with Crippen molar-refractivity contribution < 1.29 is 14.3 Å². The first-order chi connectivity index (χ1) is 14.0. The molecule has 2 aromatic carbocycles. The highest BCUT2D eigenvalue weighted by atomic mass is 19.1. The molecule has 2 atom stereocenters. The van der Waals surface area contributed by atoms with Gasteiger partial charge < -0.3 is 14.9 Å². The molecule has 0 saturated carbocycles. The Morgan fingerprint density at radius 2 is 2.07 bits per heavy atom. The number of amides is 1. The zero-order valence-electron chi connectivity index (χ0n) is 17.0. The molecule has 5 heteroatoms. The molecule has 2 unspecified atom stereocenters. The van der Waals surface area contributed by atoms with Gasteiger partial charge >= 0.3 is 0 Å². The van der Waals surface area contributed by atoms with E-state index in [2.05, 4.69) is 11.8 Å². The number of rotatable bonds is 4. The molecule has 0 bridgehead atoms. The maximum Gasteiger partial charge on any atom is 0.258 e. The summed E-state index contributed by atoms with van der Waals surface area (Å²) in [4.78, 5) is 17.0. The molecule has 4 nitrogen and oxygen atoms in total. The number of benzene rings is 2. The molecule has 1 saturated heterocycles. The fourth-order valence-corrected chi connectivity index (χ4v) is 4.62. The van der Waals surface area contributed by atoms with E-state index in [-0.39, 0.29) is 5.91 Å². The highest BCUT2D eigenvalue weighted by Gasteiger charge is 2.25. The minimum atomic E-state index is -0.528. The monoisotopic (exact) mass is 396 g/mol. The first kappa shape index (κ1) is 20.0. The number of fused-ring (bicyclic) bond motifs is 1. The number of halogens is 1. The molecule has 1 amide bonds. The largest absolute Gasteiger partial charge is 0.387 e. The van der Waals surface area contributed by atoms with Gasteiger partial charge in [0.25, 0.3) is 5.91 Å². The molecular formula is C24H29FN2O2. The summed E-state index contributed by atoms with van der Waals surface area (Å²) in [5, 5.41) is 10.8. The number of carbonyl (C=O) groups excluding carboxylic acids is 1. The summed E-state index contributed by atoms with van der Waals surface area (Å²) in [7, 11) is 0. The van der Waals surface area contributed by atoms with Crippen molar-refractivity contribution in [1.82, 2.24) is 4.90 Å². The van der Waals surface area contributed by atoms with Crippen LogP contribution in [0.1, 0.15) is 53.8 Å². The van der Waals surface area contributed by atoms with Gasteiger partial charge in [0.05, 0.1) is 6.10 Å². The van der Waals surface area contributed by atoms with Crippen LogP contribution in [0.5, 0.6) is 0 Å². The van der Waals surface area contributed by atoms with Gasteiger partial charge in [0.1, 0.15) is 5.82 Å². The topological polar surface area (TPSA) is 43.8 Å². The average Bonchev–Trinajstić information content (AvgIpc) is 2.72. The van der Waals surface area contributed by atoms with Gasteiger partial charge in [0, 0.05) is 30.9 Å². The van der Waals surface area contributed by atoms with Crippen molar-refractivity contribution in [3.8, 4) is 0 Å². The zero-order valence-corrected chi connectivity index (χ0v) is 17.0. The van der Waals surface area contributed by atoms with Crippen LogP contribution in [0.2, 0.25) is 0 Å². The predicted molar refractivity (Wildman–Crippen MR) is 113 cm³/mol. The van der Waals surface area contributed by atoms with Gasteiger partial charge in [-0.2, -0.15) is 0 Å². The molecular weight excluding hydrogens is 367 g/mol. The fraction of sp³-hybridized carbons (Fsp3) is 0.458. The van der Waals surface area contributed by atoms with Crippen LogP contribution in [0.4, 0.5) is 10.1 Å². The molecule has 29 heavy (non-hydrogen) atoms. The minimum absolute atomic E-state index is 0.180. The number of likely N-dealkylation sites (tertiary alicyclic amines) is 1. The number of hydrogen-bond acceptors (Lipinski definition) is 3. The van der Waals surface area contributed by atoms with Gasteiger partial charge in [-0.3, -0.25) is 4.79 Å². The van der Waals surface area contributed by atoms with Gasteiger partial charge in [-0.1, -0.05) is 25.1 Å². The van der Waals surface area contributed by atoms with E-state index >= 15 is 0 Å². The Morgan fingerprint density at radius 1 is 1.21 bits per heavy atom. The highest BCUT2D eigenvalue weighted by Crippen LogP contribution is 2.31. The second-order valence-corrected chi connectivity index (χ2v) is 8.48. The maximum atomic E-state index is 13.5. The number of carbonyl (C=O) groups is 1. The van der Waals surface area contributed by atoms with Crippen LogP contribution in [0.25, 0.3) is 0 Å². The van der Waals surface area contributed by atoms with Crippen molar-refractivity contribution in [2.75, 3.05) is 31.1 Å². The Hall–Kier alpha value is -2.24. The van der Waals surface area contributed by atoms with Crippen molar-refractivity contribution in [3.63, 3.8) is 0 Å². The highest BCUT2D eigenvalue weighted by molar-refractivity contribution is 6.06. The van der Waals surface area contributed by atoms with Crippen LogP contribution >= 0.6 is 0 Å². The fourth-order valence-electron chi connectivity index (χ4n) is 4.62. The lowest BCUT2D eigenvalue weighted by Gasteiger charge is -2.33. The second kappa shape index (κ2) is 8.64. The Morgan fingerprint density at radius 3 is 2.86 bits per heavy atom. The summed E-state index contributed by atoms with van der Waals surface area (Å²) in [6, 6.07) is 11.7. The van der Waals surface area contributed by atoms with Gasteiger partial charge in [-0.25, -0.2) is 4.39 Å². The minimum Gasteiger partial charge on any atom is -0.387 e. The SMILES string of the molecule is CC1CCCN(CC(O)c2ccc3c(c2)CCCN3C(=O)c2cccc(F)c2)C1. The standard InChI is InChI=1S/C24H29FN2O2/c1-17-5-3-11-26(15-17)16-23(28)19-9-10-22-18(13-19)7-4-12-27(22)24(29)20-6-2-8-21(25)14-20/h2,6,8-10,13-14,17,23,28H,3-5,7,11-12,15-16H2,1H3. The zero-order chi connectivity index (χ0) is 20.4. The Labute approximate surface area is 171 Å². The van der Waals surface area contributed by atoms with Crippen molar-refractivity contribution in [1.29, 1.82) is 0 Å². The molecule has 2 aliphatic heterocycles. The third-order valence-corrected chi connectivity index (χ3v) is 6.10. The first-order valence-corrected chi connectivity index (χ1v) is 10.6. The van der Waals surface area contributed by atoms with E-state index < -0.39 is 11.9 Å². The number of hydrogen-bond donors (Lipinski definition) is 1. The number of aliphatic hydroxyl groups is 1. The number of aliphatic hydroxyl groups excluding tert-OH is 1. The van der Waals surface area contributed by atoms with Gasteiger partial charge in [0.2, 0.25) is 0 Å². The van der Waals surface area contributed by atoms with Crippen LogP contribution in [-0.2, 0) is 6.42 Å². The maximum absolute atomic E-state index is 13.5. The molecule has 0 radical (unpaired) electrons. The van der Waals surface area contributed by atoms with E-state index in [0.717, 1.165) is 42.7 Å². The molecule has 154 valence electrons. The average molecular weight is 397 g/mol. The Kier molecular flexibility index (Phi) is 5.97. The lowest BCUT2D eigenvalue weighted by molar-refractivity contribution is 0.0875. The van der Waals surface area contributed by atoms with E-state index in [0.29, 0.717) is 24.6 Å². The van der Waals surface area contributed by atoms with Crippen LogP contribution < -0.4 is 4.90 Å². The Bertz CT molecular complexity index is 885. The van der Waals surface area contributed by atoms with E-state index in [1.807, 2.05) is 18.2 Å². The molecule has 4 rings (SSSR count). The summed E-state index contributed by atoms with van der Waals surface area (Å²) in [6.45, 7) is 5.62. The van der Waals surface area contributed by atoms with Crippen molar-refractivity contribution in [2.24, 2.45) is 5.92 Å². The molecule has 0 aliphatic carbocycles. The van der Waals surface area contributed by atoms with Gasteiger partial charge in [-0.15, -0.1) is 0 Å². The molecule has 2 heterocycles. The van der Waals surface area contributed by atoms with Crippen molar-refractivity contribution in [3.05, 3.63) is 65.0 Å². The summed E-state index contributed by atoms with van der Waals surface area (Å²) >= 11 is 0. The van der Waals surface area contributed by atoms with E-state index in [1.54, 1.807) is 17.0 Å². The van der Waals surface area contributed by atoms with Gasteiger partial charge in [-0.05, 0) is 73.5 Å². The summed E-state index contributed by atoms with van der Waals surface area (Å²) in [5.41, 5.74) is 3.21. The lowest BCUT2D eigenvalue weighted by Crippen LogP contribution is -2.37. The molecule has 2 aromatic rings. The number of β-amino-alcohol motifs (C(OH)–C–C–N with tert-alkyl or cyclic N) is 1. The number of nitrogens with zero attached hydrogens (tertiary/aromatic N) is 2. The quantitative estimate of drug-likeness (QED) is 0.843. The first-order valence-electron chi connectivity index (χ1n) is 10.6. The van der Waals surface area contributed by atoms with Crippen molar-refractivity contribution in [2.45, 2.75) is 38.7 Å². The smallest absolute Gasteiger partial charge is 0.258 e. The van der Waals surface area contributed by atoms with Crippen LogP contribution in [0, 0.1) is 11.7 Å². The Balaban J connectivity index is 1.51. The third-order valence-electron chi connectivity index (χ3n) is 6.10. The molecule has 0 aromatic heterocycles. The third kappa shape index (κ3) is 4.51. The number of aryl methyl sites for hydroxylation is 1. The van der Waals surface area contributed by atoms with E-state index in [4.69, 9.17) is 0 Å². The van der Waals surface area contributed by atoms with E-state index in [9.17, 15) is 14.3 Å². The summed E-state index contributed by atoms with van der Waals surface area (Å²) in [6.07, 6.45) is 3.66. The molecule has 2 aliphatic rings. The van der Waals surface area contributed by atoms with Crippen LogP contribution in [0.15, 0.2) is 42.5 Å². The van der Waals surface area contributed by atoms with Crippen LogP contribution in [-0.4, -0.2) is 42.1 Å². The molecule has 1 N–H and O–H groups in total. The number of piperidine rings is 1. The van der Waals surface area contributed by atoms with Gasteiger partial charge in [0.15, 0.2) is 0 Å². The van der Waals surface area contributed by atoms with Crippen LogP contribution in [0.3, 0.4) is 0 Å². The molecule has 0 spiro atoms. The second-order valence-electron chi connectivity index (χ2n) is 8.48. The number of anilines is 1. The molecule has 1 fully saturated rings.